The third-order valence-electron chi connectivity index (χ3n) is 5.85. The average molecular weight is 408 g/mol. The zero-order valence-electron chi connectivity index (χ0n) is 15.6. The van der Waals surface area contributed by atoms with E-state index >= 15 is 8.78 Å². The largest absolute Gasteiger partial charge is 0.477 e. The van der Waals surface area contributed by atoms with Gasteiger partial charge in [-0.15, -0.1) is 0 Å². The molecule has 1 saturated carbocycles. The minimum atomic E-state index is -1.48. The van der Waals surface area contributed by atoms with Crippen LogP contribution in [0.4, 0.5) is 20.2 Å². The van der Waals surface area contributed by atoms with Gasteiger partial charge >= 0.3 is 5.97 Å². The van der Waals surface area contributed by atoms with Crippen LogP contribution in [0.25, 0.3) is 10.9 Å². The Balaban J connectivity index is 1.99. The number of aromatic carboxylic acids is 1. The van der Waals surface area contributed by atoms with Gasteiger partial charge in [-0.25, -0.2) is 13.6 Å². The number of piperidine rings is 1. The molecule has 2 aromatic rings. The number of hydrogen-bond donors (Lipinski definition) is 4. The van der Waals surface area contributed by atoms with Gasteiger partial charge in [0.05, 0.1) is 22.7 Å². The first kappa shape index (κ1) is 19.6. The van der Waals surface area contributed by atoms with E-state index in [-0.39, 0.29) is 49.2 Å². The van der Waals surface area contributed by atoms with Crippen molar-refractivity contribution in [2.24, 2.45) is 11.7 Å². The fourth-order valence-electron chi connectivity index (χ4n) is 4.08. The summed E-state index contributed by atoms with van der Waals surface area (Å²) < 4.78 is 32.2. The van der Waals surface area contributed by atoms with Crippen LogP contribution in [0.15, 0.2) is 11.0 Å². The Bertz CT molecular complexity index is 1070. The number of carboxylic acid groups (broad SMARTS) is 1. The first-order valence-corrected chi connectivity index (χ1v) is 9.47. The van der Waals surface area contributed by atoms with Crippen molar-refractivity contribution in [1.82, 2.24) is 4.57 Å². The van der Waals surface area contributed by atoms with Crippen LogP contribution in [0.2, 0.25) is 0 Å². The summed E-state index contributed by atoms with van der Waals surface area (Å²) in [5.41, 5.74) is 8.84. The highest BCUT2D eigenvalue weighted by Crippen LogP contribution is 2.42. The van der Waals surface area contributed by atoms with Gasteiger partial charge in [-0.1, -0.05) is 0 Å². The number of nitrogen functional groups attached to an aromatic ring is 1. The summed E-state index contributed by atoms with van der Waals surface area (Å²) in [4.78, 5) is 25.6. The van der Waals surface area contributed by atoms with Crippen LogP contribution in [-0.2, 0) is 0 Å². The Morgan fingerprint density at radius 1 is 1.24 bits per heavy atom. The number of benzene rings is 1. The quantitative estimate of drug-likeness (QED) is 0.555. The Morgan fingerprint density at radius 3 is 2.52 bits per heavy atom. The van der Waals surface area contributed by atoms with Crippen LogP contribution in [0.5, 0.6) is 0 Å². The lowest BCUT2D eigenvalue weighted by Gasteiger charge is -2.37. The van der Waals surface area contributed by atoms with E-state index in [0.717, 1.165) is 6.20 Å². The SMILES string of the molecule is NCC1CN(c2c(F)c(N)c3c(=O)c(C(=O)O)cn(C4CC4)c3c2F)CCC1O. The molecule has 2 heterocycles. The number of hydrogen-bond acceptors (Lipinski definition) is 6. The van der Waals surface area contributed by atoms with Gasteiger partial charge in [0, 0.05) is 31.2 Å². The van der Waals surface area contributed by atoms with E-state index in [1.165, 1.54) is 9.47 Å². The lowest BCUT2D eigenvalue weighted by molar-refractivity contribution is 0.0694. The normalized spacial score (nSPS) is 22.3. The molecular weight excluding hydrogens is 386 g/mol. The standard InChI is InChI=1S/C19H22F2N4O4/c20-13-15(23)12-16(25(9-1-2-9)7-10(18(12)27)19(28)29)14(21)17(13)24-4-3-11(26)8(5-22)6-24/h7-9,11,26H,1-6,22-23H2,(H,28,29). The maximum absolute atomic E-state index is 15.6. The lowest BCUT2D eigenvalue weighted by atomic mass is 9.94. The molecule has 2 aliphatic rings. The second-order valence-electron chi connectivity index (χ2n) is 7.73. The highest BCUT2D eigenvalue weighted by atomic mass is 19.1. The molecule has 1 aromatic carbocycles. The van der Waals surface area contributed by atoms with Crippen molar-refractivity contribution in [3.8, 4) is 0 Å². The summed E-state index contributed by atoms with van der Waals surface area (Å²) in [7, 11) is 0. The van der Waals surface area contributed by atoms with Gasteiger partial charge < -0.3 is 31.1 Å². The molecule has 8 nitrogen and oxygen atoms in total. The predicted molar refractivity (Wildman–Crippen MR) is 103 cm³/mol. The van der Waals surface area contributed by atoms with Gasteiger partial charge in [-0.3, -0.25) is 4.79 Å². The molecule has 4 rings (SSSR count). The van der Waals surface area contributed by atoms with E-state index in [1.807, 2.05) is 0 Å². The van der Waals surface area contributed by atoms with Crippen molar-refractivity contribution in [1.29, 1.82) is 0 Å². The number of aliphatic hydroxyl groups is 1. The van der Waals surface area contributed by atoms with Crippen molar-refractivity contribution in [3.63, 3.8) is 0 Å². The van der Waals surface area contributed by atoms with Crippen LogP contribution in [-0.4, -0.2) is 46.5 Å². The molecule has 0 bridgehead atoms. The molecule has 1 aliphatic carbocycles. The van der Waals surface area contributed by atoms with Crippen molar-refractivity contribution in [2.75, 3.05) is 30.3 Å². The van der Waals surface area contributed by atoms with E-state index in [1.54, 1.807) is 0 Å². The summed E-state index contributed by atoms with van der Waals surface area (Å²) in [6.07, 6.45) is 2.11. The van der Waals surface area contributed by atoms with Gasteiger partial charge in [0.25, 0.3) is 0 Å². The maximum Gasteiger partial charge on any atom is 0.341 e. The highest BCUT2D eigenvalue weighted by molar-refractivity contribution is 5.99. The Hall–Kier alpha value is -2.72. The molecule has 2 atom stereocenters. The van der Waals surface area contributed by atoms with Crippen molar-refractivity contribution in [2.45, 2.75) is 31.4 Å². The molecule has 29 heavy (non-hydrogen) atoms. The second kappa shape index (κ2) is 6.96. The van der Waals surface area contributed by atoms with Crippen molar-refractivity contribution < 1.29 is 23.8 Å². The summed E-state index contributed by atoms with van der Waals surface area (Å²) >= 11 is 0. The predicted octanol–water partition coefficient (Wildman–Crippen LogP) is 1.04. The molecule has 0 amide bonds. The number of nitrogens with two attached hydrogens (primary N) is 2. The van der Waals surface area contributed by atoms with Crippen LogP contribution in [0.1, 0.15) is 35.7 Å². The maximum atomic E-state index is 15.6. The number of aromatic nitrogens is 1. The molecular formula is C19H22F2N4O4. The Labute approximate surface area is 164 Å². The number of fused-ring (bicyclic) bond motifs is 1. The number of carbonyl (C=O) groups is 1. The monoisotopic (exact) mass is 408 g/mol. The van der Waals surface area contributed by atoms with E-state index in [4.69, 9.17) is 11.5 Å². The minimum Gasteiger partial charge on any atom is -0.477 e. The van der Waals surface area contributed by atoms with E-state index in [0.29, 0.717) is 12.8 Å². The molecule has 2 unspecified atom stereocenters. The molecule has 156 valence electrons. The van der Waals surface area contributed by atoms with E-state index < -0.39 is 45.8 Å². The first-order valence-electron chi connectivity index (χ1n) is 9.47. The number of rotatable bonds is 4. The molecule has 0 radical (unpaired) electrons. The number of anilines is 2. The molecule has 6 N–H and O–H groups in total. The fraction of sp³-hybridized carbons (Fsp3) is 0.474. The van der Waals surface area contributed by atoms with Gasteiger partial charge in [0.2, 0.25) is 5.43 Å². The second-order valence-corrected chi connectivity index (χ2v) is 7.73. The summed E-state index contributed by atoms with van der Waals surface area (Å²) in [5.74, 6) is -3.91. The van der Waals surface area contributed by atoms with Gasteiger partial charge in [-0.05, 0) is 25.8 Å². The van der Waals surface area contributed by atoms with Crippen LogP contribution in [0.3, 0.4) is 0 Å². The summed E-state index contributed by atoms with van der Waals surface area (Å²) in [5, 5.41) is 18.9. The Kier molecular flexibility index (Phi) is 4.70. The molecule has 10 heteroatoms. The number of aliphatic hydroxyl groups excluding tert-OH is 1. The third-order valence-corrected chi connectivity index (χ3v) is 5.85. The van der Waals surface area contributed by atoms with E-state index in [2.05, 4.69) is 0 Å². The fourth-order valence-corrected chi connectivity index (χ4v) is 4.08. The van der Waals surface area contributed by atoms with Crippen LogP contribution >= 0.6 is 0 Å². The number of pyridine rings is 1. The third kappa shape index (κ3) is 3.03. The summed E-state index contributed by atoms with van der Waals surface area (Å²) in [6, 6.07) is -0.177. The van der Waals surface area contributed by atoms with Crippen LogP contribution in [0, 0.1) is 17.6 Å². The molecule has 1 aromatic heterocycles. The number of halogens is 2. The van der Waals surface area contributed by atoms with Crippen LogP contribution < -0.4 is 21.8 Å². The molecule has 1 aliphatic heterocycles. The van der Waals surface area contributed by atoms with Crippen molar-refractivity contribution in [3.05, 3.63) is 33.6 Å². The van der Waals surface area contributed by atoms with E-state index in [9.17, 15) is 19.8 Å². The number of nitrogens with zero attached hydrogens (tertiary/aromatic N) is 2. The van der Waals surface area contributed by atoms with Gasteiger partial charge in [0.15, 0.2) is 11.6 Å². The minimum absolute atomic E-state index is 0.136. The molecule has 1 saturated heterocycles. The topological polar surface area (TPSA) is 135 Å². The summed E-state index contributed by atoms with van der Waals surface area (Å²) in [6.45, 7) is 0.480. The highest BCUT2D eigenvalue weighted by Gasteiger charge is 2.35. The molecule has 2 fully saturated rings. The van der Waals surface area contributed by atoms with Gasteiger partial charge in [0.1, 0.15) is 11.3 Å². The van der Waals surface area contributed by atoms with Gasteiger partial charge in [-0.2, -0.15) is 0 Å². The smallest absolute Gasteiger partial charge is 0.341 e. The lowest BCUT2D eigenvalue weighted by Crippen LogP contribution is -2.47. The average Bonchev–Trinajstić information content (AvgIpc) is 3.52. The first-order chi connectivity index (χ1) is 13.8. The number of carboxylic acids is 1. The Morgan fingerprint density at radius 2 is 1.93 bits per heavy atom. The molecule has 0 spiro atoms. The van der Waals surface area contributed by atoms with Crippen molar-refractivity contribution >= 4 is 28.2 Å². The zero-order chi connectivity index (χ0) is 21.0. The zero-order valence-corrected chi connectivity index (χ0v) is 15.6.